The number of carbonyl (C=O) groups is 1. The molecule has 1 aliphatic rings. The van der Waals surface area contributed by atoms with Gasteiger partial charge < -0.3 is 19.5 Å². The van der Waals surface area contributed by atoms with Crippen molar-refractivity contribution in [1.29, 1.82) is 0 Å². The first-order valence-corrected chi connectivity index (χ1v) is 7.64. The predicted molar refractivity (Wildman–Crippen MR) is 83.4 cm³/mol. The maximum absolute atomic E-state index is 12.2. The monoisotopic (exact) mass is 307 g/mol. The van der Waals surface area contributed by atoms with Crippen molar-refractivity contribution in [3.8, 4) is 0 Å². The molecule has 0 radical (unpaired) electrons. The maximum atomic E-state index is 12.2. The molecule has 1 N–H and O–H groups in total. The largest absolute Gasteiger partial charge is 0.444 e. The summed E-state index contributed by atoms with van der Waals surface area (Å²) in [7, 11) is 0. The maximum Gasteiger partial charge on any atom is 0.410 e. The number of carbonyl (C=O) groups excluding carboxylic acids is 1. The fraction of sp³-hybridized carbons (Fsp3) is 0.588. The molecule has 1 amide bonds. The first kappa shape index (κ1) is 16.8. The average molecular weight is 307 g/mol. The summed E-state index contributed by atoms with van der Waals surface area (Å²) in [6.45, 7) is 6.68. The van der Waals surface area contributed by atoms with Crippen molar-refractivity contribution >= 4 is 6.09 Å². The van der Waals surface area contributed by atoms with E-state index < -0.39 is 17.8 Å². The van der Waals surface area contributed by atoms with Crippen LogP contribution in [-0.4, -0.2) is 47.0 Å². The molecule has 1 aromatic carbocycles. The third kappa shape index (κ3) is 5.00. The fourth-order valence-electron chi connectivity index (χ4n) is 2.48. The Morgan fingerprint density at radius 1 is 1.32 bits per heavy atom. The van der Waals surface area contributed by atoms with Crippen LogP contribution in [0.1, 0.15) is 32.8 Å². The molecule has 2 atom stereocenters. The second-order valence-electron chi connectivity index (χ2n) is 6.68. The summed E-state index contributed by atoms with van der Waals surface area (Å²) in [6.07, 6.45) is -0.385. The third-order valence-corrected chi connectivity index (χ3v) is 3.44. The molecule has 2 rings (SSSR count). The van der Waals surface area contributed by atoms with Crippen molar-refractivity contribution in [2.75, 3.05) is 13.2 Å². The number of benzene rings is 1. The van der Waals surface area contributed by atoms with E-state index in [0.717, 1.165) is 5.56 Å². The highest BCUT2D eigenvalue weighted by Crippen LogP contribution is 2.22. The van der Waals surface area contributed by atoms with E-state index in [2.05, 4.69) is 0 Å². The SMILES string of the molecule is CC(C)(C)OC(=O)N1CC(O)C[C@@H]1COCc1ccccc1. The van der Waals surface area contributed by atoms with E-state index in [9.17, 15) is 9.90 Å². The molecule has 1 heterocycles. The van der Waals surface area contributed by atoms with Crippen molar-refractivity contribution < 1.29 is 19.4 Å². The Morgan fingerprint density at radius 2 is 2.00 bits per heavy atom. The van der Waals surface area contributed by atoms with Crippen LogP contribution in [0, 0.1) is 0 Å². The number of nitrogens with zero attached hydrogens (tertiary/aromatic N) is 1. The van der Waals surface area contributed by atoms with E-state index >= 15 is 0 Å². The van der Waals surface area contributed by atoms with Gasteiger partial charge in [0.25, 0.3) is 0 Å². The molecule has 1 unspecified atom stereocenters. The van der Waals surface area contributed by atoms with E-state index in [-0.39, 0.29) is 6.04 Å². The molecule has 22 heavy (non-hydrogen) atoms. The molecule has 5 heteroatoms. The van der Waals surface area contributed by atoms with Gasteiger partial charge in [0, 0.05) is 0 Å². The van der Waals surface area contributed by atoms with Crippen LogP contribution in [0.3, 0.4) is 0 Å². The second kappa shape index (κ2) is 7.11. The summed E-state index contributed by atoms with van der Waals surface area (Å²) in [6, 6.07) is 9.73. The number of aliphatic hydroxyl groups excluding tert-OH is 1. The molecular weight excluding hydrogens is 282 g/mol. The highest BCUT2D eigenvalue weighted by molar-refractivity contribution is 5.69. The molecule has 0 bridgehead atoms. The lowest BCUT2D eigenvalue weighted by molar-refractivity contribution is 0.00815. The molecule has 1 fully saturated rings. The molecule has 1 aliphatic heterocycles. The minimum atomic E-state index is -0.542. The Labute approximate surface area is 131 Å². The molecule has 122 valence electrons. The number of ether oxygens (including phenoxy) is 2. The number of hydrogen-bond acceptors (Lipinski definition) is 4. The topological polar surface area (TPSA) is 59.0 Å². The van der Waals surface area contributed by atoms with Gasteiger partial charge in [-0.2, -0.15) is 0 Å². The van der Waals surface area contributed by atoms with Gasteiger partial charge in [-0.3, -0.25) is 0 Å². The van der Waals surface area contributed by atoms with Crippen LogP contribution in [0.15, 0.2) is 30.3 Å². The number of rotatable bonds is 4. The first-order chi connectivity index (χ1) is 10.3. The number of β-amino-alcohol motifs (C(OH)–C–C–N with tert-alkyl or cyclic N) is 1. The van der Waals surface area contributed by atoms with Gasteiger partial charge in [0.05, 0.1) is 31.9 Å². The standard InChI is InChI=1S/C17H25NO4/c1-17(2,3)22-16(20)18-10-15(19)9-14(18)12-21-11-13-7-5-4-6-8-13/h4-8,14-15,19H,9-12H2,1-3H3/t14-,15?/m1/s1. The first-order valence-electron chi connectivity index (χ1n) is 7.64. The highest BCUT2D eigenvalue weighted by atomic mass is 16.6. The van der Waals surface area contributed by atoms with Crippen LogP contribution in [0.2, 0.25) is 0 Å². The lowest BCUT2D eigenvalue weighted by Gasteiger charge is -2.28. The fourth-order valence-corrected chi connectivity index (χ4v) is 2.48. The Kier molecular flexibility index (Phi) is 5.42. The minimum Gasteiger partial charge on any atom is -0.444 e. The van der Waals surface area contributed by atoms with E-state index in [1.807, 2.05) is 51.1 Å². The van der Waals surface area contributed by atoms with Gasteiger partial charge in [0.15, 0.2) is 0 Å². The molecule has 0 saturated carbocycles. The van der Waals surface area contributed by atoms with Crippen molar-refractivity contribution in [3.63, 3.8) is 0 Å². The summed E-state index contributed by atoms with van der Waals surface area (Å²) >= 11 is 0. The summed E-state index contributed by atoms with van der Waals surface area (Å²) in [5.41, 5.74) is 0.546. The van der Waals surface area contributed by atoms with Gasteiger partial charge in [-0.25, -0.2) is 4.79 Å². The number of hydrogen-bond donors (Lipinski definition) is 1. The number of amides is 1. The lowest BCUT2D eigenvalue weighted by atomic mass is 10.2. The molecule has 0 aromatic heterocycles. The lowest BCUT2D eigenvalue weighted by Crippen LogP contribution is -2.42. The normalized spacial score (nSPS) is 21.9. The molecule has 0 aliphatic carbocycles. The summed E-state index contributed by atoms with van der Waals surface area (Å²) in [4.78, 5) is 13.8. The predicted octanol–water partition coefficient (Wildman–Crippen LogP) is 2.57. The quantitative estimate of drug-likeness (QED) is 0.929. The second-order valence-corrected chi connectivity index (χ2v) is 6.68. The van der Waals surface area contributed by atoms with Gasteiger partial charge in [0.1, 0.15) is 5.60 Å². The van der Waals surface area contributed by atoms with Gasteiger partial charge in [-0.15, -0.1) is 0 Å². The van der Waals surface area contributed by atoms with Crippen LogP contribution in [-0.2, 0) is 16.1 Å². The molecular formula is C17H25NO4. The summed E-state index contributed by atoms with van der Waals surface area (Å²) < 4.78 is 11.1. The van der Waals surface area contributed by atoms with Gasteiger partial charge in [0.2, 0.25) is 0 Å². The molecule has 0 spiro atoms. The molecule has 1 aromatic rings. The molecule has 1 saturated heterocycles. The van der Waals surface area contributed by atoms with Crippen molar-refractivity contribution in [2.45, 2.75) is 51.5 Å². The number of aliphatic hydroxyl groups is 1. The third-order valence-electron chi connectivity index (χ3n) is 3.44. The zero-order valence-electron chi connectivity index (χ0n) is 13.5. The minimum absolute atomic E-state index is 0.145. The zero-order valence-corrected chi connectivity index (χ0v) is 13.5. The van der Waals surface area contributed by atoms with Crippen LogP contribution in [0.25, 0.3) is 0 Å². The number of likely N-dealkylation sites (tertiary alicyclic amines) is 1. The van der Waals surface area contributed by atoms with Crippen molar-refractivity contribution in [3.05, 3.63) is 35.9 Å². The van der Waals surface area contributed by atoms with E-state index in [4.69, 9.17) is 9.47 Å². The Bertz CT molecular complexity index is 483. The van der Waals surface area contributed by atoms with Crippen LogP contribution < -0.4 is 0 Å². The van der Waals surface area contributed by atoms with Crippen molar-refractivity contribution in [1.82, 2.24) is 4.90 Å². The molecule has 5 nitrogen and oxygen atoms in total. The Hall–Kier alpha value is -1.59. The van der Waals surface area contributed by atoms with E-state index in [1.165, 1.54) is 0 Å². The van der Waals surface area contributed by atoms with Crippen LogP contribution in [0.5, 0.6) is 0 Å². The van der Waals surface area contributed by atoms with Gasteiger partial charge >= 0.3 is 6.09 Å². The van der Waals surface area contributed by atoms with Gasteiger partial charge in [-0.1, -0.05) is 30.3 Å². The average Bonchev–Trinajstić information content (AvgIpc) is 2.79. The van der Waals surface area contributed by atoms with Crippen LogP contribution >= 0.6 is 0 Å². The van der Waals surface area contributed by atoms with E-state index in [0.29, 0.717) is 26.2 Å². The smallest absolute Gasteiger partial charge is 0.410 e. The van der Waals surface area contributed by atoms with Crippen molar-refractivity contribution in [2.24, 2.45) is 0 Å². The Balaban J connectivity index is 1.86. The zero-order chi connectivity index (χ0) is 16.2. The highest BCUT2D eigenvalue weighted by Gasteiger charge is 2.36. The summed E-state index contributed by atoms with van der Waals surface area (Å²) in [5, 5.41) is 9.83. The van der Waals surface area contributed by atoms with E-state index in [1.54, 1.807) is 4.90 Å². The van der Waals surface area contributed by atoms with Crippen LogP contribution in [0.4, 0.5) is 4.79 Å². The Morgan fingerprint density at radius 3 is 2.64 bits per heavy atom. The van der Waals surface area contributed by atoms with Gasteiger partial charge in [-0.05, 0) is 32.8 Å². The summed E-state index contributed by atoms with van der Waals surface area (Å²) in [5.74, 6) is 0.